The minimum absolute atomic E-state index is 0.510. The average Bonchev–Trinajstić information content (AvgIpc) is 4.36. The number of para-hydroxylation sites is 12. The lowest BCUT2D eigenvalue weighted by Crippen LogP contribution is -2.07. The first kappa shape index (κ1) is 49.7. The van der Waals surface area contributed by atoms with Crippen LogP contribution in [0.15, 0.2) is 146 Å². The topological polar surface area (TPSA) is 204 Å². The van der Waals surface area contributed by atoms with E-state index in [0.717, 1.165) is 184 Å². The molecule has 0 atom stereocenters. The molecule has 6 aromatic carbocycles. The molecule has 16 nitrogen and oxygen atoms in total. The number of hydrogen-bond donors (Lipinski definition) is 4. The summed E-state index contributed by atoms with van der Waals surface area (Å²) in [6.45, 7) is 15.7. The van der Waals surface area contributed by atoms with E-state index >= 15 is 0 Å². The van der Waals surface area contributed by atoms with Crippen molar-refractivity contribution in [1.29, 1.82) is 0 Å². The monoisotopic (exact) mass is 1050 g/mol. The van der Waals surface area contributed by atoms with E-state index in [1.807, 2.05) is 140 Å². The molecule has 80 heavy (non-hydrogen) atoms. The van der Waals surface area contributed by atoms with E-state index in [1.165, 1.54) is 0 Å². The Morgan fingerprint density at radius 2 is 0.725 bits per heavy atom. The van der Waals surface area contributed by atoms with Crippen LogP contribution in [0, 0.1) is 19.8 Å². The number of nitrogens with zero attached hydrogens (tertiary/aromatic N) is 12. The fourth-order valence-corrected chi connectivity index (χ4v) is 11.0. The first-order valence-corrected chi connectivity index (χ1v) is 27.5. The molecular formula is C64H60N16. The molecule has 0 radical (unpaired) electrons. The van der Waals surface area contributed by atoms with Crippen molar-refractivity contribution >= 4 is 106 Å². The van der Waals surface area contributed by atoms with E-state index in [9.17, 15) is 0 Å². The fraction of sp³-hybridized carbons (Fsp3) is 0.203. The van der Waals surface area contributed by atoms with E-state index in [2.05, 4.69) is 76.3 Å². The molecule has 9 heterocycles. The third-order valence-electron chi connectivity index (χ3n) is 14.8. The highest BCUT2D eigenvalue weighted by atomic mass is 15.1. The molecule has 5 N–H and O–H groups in total. The highest BCUT2D eigenvalue weighted by molar-refractivity contribution is 6.02. The van der Waals surface area contributed by atoms with Crippen molar-refractivity contribution in [1.82, 2.24) is 73.5 Å². The molecule has 0 amide bonds. The summed E-state index contributed by atoms with van der Waals surface area (Å²) in [6.07, 6.45) is 3.15. The minimum atomic E-state index is 0.510. The summed E-state index contributed by atoms with van der Waals surface area (Å²) < 4.78 is 6.61. The summed E-state index contributed by atoms with van der Waals surface area (Å²) in [6, 6.07) is 48.2. The third kappa shape index (κ3) is 8.78. The second kappa shape index (κ2) is 20.5. The number of imidazole rings is 3. The number of anilines is 1. The number of fused-ring (bicyclic) bond motifs is 9. The zero-order chi connectivity index (χ0) is 54.6. The maximum atomic E-state index is 6.60. The number of nitrogen functional groups attached to an aromatic ring is 1. The Bertz CT molecular complexity index is 4700. The number of nitrogens with two attached hydrogens (primary N) is 1. The summed E-state index contributed by atoms with van der Waals surface area (Å²) >= 11 is 0. The standard InChI is InChI=1S/C22H21N5.C21H20N6.C21H19N5/c1-13(2)12-27-14(3)19(21-24-16-9-5-6-10-17(16)25-21)20-22(27)26-18-11-7-4-8-15(18)23-20;1-2-3-12-27-19(22)17(20-24-14-9-5-6-10-15(14)25-20)18-21(27)26-16-11-7-4-8-13(16)23-18;1-3-12-26-13(2)18(20-23-15-9-5-6-10-16(15)24-20)19-21(26)25-17-11-7-4-8-14(17)22-19/h4-11,13H,12H2,1-3H3,(H,24,25);4-11H,2-3,12,22H2,1H3,(H,24,25);4-11H,3,12H2,1-2H3,(H,23,24). The molecule has 15 aromatic rings. The maximum Gasteiger partial charge on any atom is 0.161 e. The highest BCUT2D eigenvalue weighted by Gasteiger charge is 2.25. The van der Waals surface area contributed by atoms with Crippen molar-refractivity contribution < 1.29 is 0 Å². The Morgan fingerprint density at radius 3 is 1.11 bits per heavy atom. The Kier molecular flexibility index (Phi) is 12.8. The Labute approximate surface area is 460 Å². The third-order valence-corrected chi connectivity index (χ3v) is 14.8. The lowest BCUT2D eigenvalue weighted by atomic mass is 10.2. The van der Waals surface area contributed by atoms with Crippen LogP contribution in [0.4, 0.5) is 5.82 Å². The number of aromatic amines is 3. The highest BCUT2D eigenvalue weighted by Crippen LogP contribution is 2.38. The normalized spacial score (nSPS) is 11.8. The molecule has 0 bridgehead atoms. The molecule has 0 aliphatic carbocycles. The van der Waals surface area contributed by atoms with Gasteiger partial charge in [0, 0.05) is 31.0 Å². The second-order valence-electron chi connectivity index (χ2n) is 20.8. The SMILES string of the molecule is CCCCn1c(N)c(-c2nc3ccccc3[nH]2)c2nc3ccccc3nc21.CCCn1c(C)c(-c2nc3ccccc3[nH]2)c2nc3ccccc3nc21.Cc1c(-c2nc3ccccc3[nH]2)c2nc3ccccc3nc2n1CC(C)C. The Balaban J connectivity index is 0.000000113. The van der Waals surface area contributed by atoms with Gasteiger partial charge < -0.3 is 34.4 Å². The Morgan fingerprint density at radius 1 is 0.388 bits per heavy atom. The molecule has 0 saturated heterocycles. The largest absolute Gasteiger partial charge is 0.384 e. The van der Waals surface area contributed by atoms with Crippen molar-refractivity contribution in [2.45, 2.75) is 80.4 Å². The predicted molar refractivity (Wildman–Crippen MR) is 324 cm³/mol. The van der Waals surface area contributed by atoms with Crippen LogP contribution in [0.5, 0.6) is 0 Å². The van der Waals surface area contributed by atoms with Gasteiger partial charge in [-0.2, -0.15) is 0 Å². The van der Waals surface area contributed by atoms with Crippen LogP contribution in [0.1, 0.15) is 58.3 Å². The molecule has 0 fully saturated rings. The summed E-state index contributed by atoms with van der Waals surface area (Å²) in [5.41, 5.74) is 28.4. The van der Waals surface area contributed by atoms with Crippen molar-refractivity contribution in [2.75, 3.05) is 5.73 Å². The summed E-state index contributed by atoms with van der Waals surface area (Å²) in [7, 11) is 0. The van der Waals surface area contributed by atoms with E-state index in [0.29, 0.717) is 11.7 Å². The number of nitrogens with one attached hydrogen (secondary N) is 3. The molecule has 16 heteroatoms. The van der Waals surface area contributed by atoms with Crippen molar-refractivity contribution in [3.05, 3.63) is 157 Å². The van der Waals surface area contributed by atoms with Gasteiger partial charge in [0.1, 0.15) is 39.8 Å². The molecule has 0 spiro atoms. The lowest BCUT2D eigenvalue weighted by Gasteiger charge is -2.10. The number of hydrogen-bond acceptors (Lipinski definition) is 10. The van der Waals surface area contributed by atoms with E-state index in [-0.39, 0.29) is 0 Å². The summed E-state index contributed by atoms with van der Waals surface area (Å²) in [4.78, 5) is 54.2. The van der Waals surface area contributed by atoms with Gasteiger partial charge in [0.25, 0.3) is 0 Å². The van der Waals surface area contributed by atoms with Gasteiger partial charge in [0.15, 0.2) is 16.9 Å². The van der Waals surface area contributed by atoms with Crippen LogP contribution in [-0.2, 0) is 19.6 Å². The smallest absolute Gasteiger partial charge is 0.161 e. The van der Waals surface area contributed by atoms with Crippen molar-refractivity contribution in [3.8, 4) is 34.2 Å². The molecule has 0 unspecified atom stereocenters. The Hall–Kier alpha value is -9.83. The van der Waals surface area contributed by atoms with Gasteiger partial charge in [-0.05, 0) is 105 Å². The number of unbranched alkanes of at least 4 members (excludes halogenated alkanes) is 1. The predicted octanol–water partition coefficient (Wildman–Crippen LogP) is 14.4. The van der Waals surface area contributed by atoms with Crippen molar-refractivity contribution in [3.63, 3.8) is 0 Å². The summed E-state index contributed by atoms with van der Waals surface area (Å²) in [5.74, 6) is 3.61. The molecule has 15 rings (SSSR count). The number of H-pyrrole nitrogens is 3. The molecule has 0 saturated carbocycles. The van der Waals surface area contributed by atoms with Crippen LogP contribution in [0.3, 0.4) is 0 Å². The molecule has 396 valence electrons. The summed E-state index contributed by atoms with van der Waals surface area (Å²) in [5, 5.41) is 0. The van der Waals surface area contributed by atoms with Gasteiger partial charge in [-0.1, -0.05) is 107 Å². The van der Waals surface area contributed by atoms with Crippen LogP contribution in [0.25, 0.3) is 134 Å². The van der Waals surface area contributed by atoms with Crippen LogP contribution < -0.4 is 5.73 Å². The van der Waals surface area contributed by atoms with E-state index in [4.69, 9.17) is 50.6 Å². The number of aryl methyl sites for hydroxylation is 2. The van der Waals surface area contributed by atoms with E-state index < -0.39 is 0 Å². The van der Waals surface area contributed by atoms with Crippen molar-refractivity contribution in [2.24, 2.45) is 5.92 Å². The van der Waals surface area contributed by atoms with Gasteiger partial charge in [0.05, 0.1) is 82.9 Å². The number of rotatable bonds is 10. The average molecular weight is 1050 g/mol. The molecule has 0 aliphatic rings. The maximum absolute atomic E-state index is 6.60. The zero-order valence-electron chi connectivity index (χ0n) is 45.6. The van der Waals surface area contributed by atoms with Crippen LogP contribution >= 0.6 is 0 Å². The molecule has 9 aromatic heterocycles. The van der Waals surface area contributed by atoms with Gasteiger partial charge >= 0.3 is 0 Å². The zero-order valence-corrected chi connectivity index (χ0v) is 45.6. The quantitative estimate of drug-likeness (QED) is 0.102. The first-order valence-electron chi connectivity index (χ1n) is 27.5. The fourth-order valence-electron chi connectivity index (χ4n) is 11.0. The van der Waals surface area contributed by atoms with Gasteiger partial charge in [-0.3, -0.25) is 0 Å². The molecule has 0 aliphatic heterocycles. The minimum Gasteiger partial charge on any atom is -0.384 e. The van der Waals surface area contributed by atoms with Gasteiger partial charge in [-0.15, -0.1) is 0 Å². The molecular weight excluding hydrogens is 993 g/mol. The van der Waals surface area contributed by atoms with Crippen LogP contribution in [0.2, 0.25) is 0 Å². The van der Waals surface area contributed by atoms with Gasteiger partial charge in [0.2, 0.25) is 0 Å². The lowest BCUT2D eigenvalue weighted by molar-refractivity contribution is 0.526. The number of benzene rings is 6. The first-order chi connectivity index (χ1) is 39.1. The number of aromatic nitrogens is 15. The van der Waals surface area contributed by atoms with E-state index in [1.54, 1.807) is 0 Å². The second-order valence-corrected chi connectivity index (χ2v) is 20.8. The van der Waals surface area contributed by atoms with Gasteiger partial charge in [-0.25, -0.2) is 44.9 Å². The van der Waals surface area contributed by atoms with Crippen LogP contribution in [-0.4, -0.2) is 73.5 Å².